The van der Waals surface area contributed by atoms with Gasteiger partial charge in [-0.05, 0) is 18.8 Å². The smallest absolute Gasteiger partial charge is 0.236 e. The highest BCUT2D eigenvalue weighted by molar-refractivity contribution is 5.78. The summed E-state index contributed by atoms with van der Waals surface area (Å²) in [6.07, 6.45) is 1.77. The van der Waals surface area contributed by atoms with Crippen molar-refractivity contribution in [2.24, 2.45) is 5.92 Å². The molecule has 16 heavy (non-hydrogen) atoms. The van der Waals surface area contributed by atoms with Crippen LogP contribution >= 0.6 is 0 Å². The highest BCUT2D eigenvalue weighted by Gasteiger charge is 2.22. The number of rotatable bonds is 3. The molecule has 0 aromatic carbocycles. The molecule has 1 aliphatic heterocycles. The van der Waals surface area contributed by atoms with Crippen molar-refractivity contribution in [3.05, 3.63) is 0 Å². The predicted molar refractivity (Wildman–Crippen MR) is 58.2 cm³/mol. The summed E-state index contributed by atoms with van der Waals surface area (Å²) >= 11 is 0. The van der Waals surface area contributed by atoms with Crippen molar-refractivity contribution >= 4 is 11.8 Å². The molecule has 0 aliphatic carbocycles. The Balaban J connectivity index is 2.26. The number of hydrogen-bond donors (Lipinski definition) is 1. The third-order valence-electron chi connectivity index (χ3n) is 2.84. The van der Waals surface area contributed by atoms with Crippen LogP contribution < -0.4 is 5.32 Å². The van der Waals surface area contributed by atoms with Crippen LogP contribution in [0.15, 0.2) is 0 Å². The number of nitrogens with zero attached hydrogens (tertiary/aromatic N) is 2. The zero-order valence-electron chi connectivity index (χ0n) is 9.53. The number of hydrogen-bond acceptors (Lipinski definition) is 3. The van der Waals surface area contributed by atoms with Crippen LogP contribution in [0.3, 0.4) is 0 Å². The first-order valence-corrected chi connectivity index (χ1v) is 5.52. The summed E-state index contributed by atoms with van der Waals surface area (Å²) in [6.45, 7) is 3.59. The molecule has 5 nitrogen and oxygen atoms in total. The van der Waals surface area contributed by atoms with Crippen LogP contribution in [-0.2, 0) is 9.59 Å². The van der Waals surface area contributed by atoms with E-state index < -0.39 is 0 Å². The number of likely N-dealkylation sites (tertiary alicyclic amines) is 1. The van der Waals surface area contributed by atoms with Gasteiger partial charge >= 0.3 is 0 Å². The van der Waals surface area contributed by atoms with Gasteiger partial charge in [-0.25, -0.2) is 0 Å². The van der Waals surface area contributed by atoms with Gasteiger partial charge in [0.1, 0.15) is 6.42 Å². The molecule has 0 atom stereocenters. The first-order chi connectivity index (χ1) is 7.63. The molecule has 88 valence electrons. The summed E-state index contributed by atoms with van der Waals surface area (Å²) in [5, 5.41) is 11.2. The minimum Gasteiger partial charge on any atom is -0.356 e. The lowest BCUT2D eigenvalue weighted by molar-refractivity contribution is -0.131. The molecule has 1 N–H and O–H groups in total. The zero-order valence-corrected chi connectivity index (χ0v) is 9.53. The second-order valence-electron chi connectivity index (χ2n) is 4.10. The van der Waals surface area contributed by atoms with Gasteiger partial charge in [-0.1, -0.05) is 0 Å². The minimum absolute atomic E-state index is 0.0111. The lowest BCUT2D eigenvalue weighted by Crippen LogP contribution is -2.41. The Labute approximate surface area is 95.4 Å². The second-order valence-corrected chi connectivity index (χ2v) is 4.10. The number of piperidine rings is 1. The van der Waals surface area contributed by atoms with Gasteiger partial charge in [0.25, 0.3) is 0 Å². The molecule has 0 unspecified atom stereocenters. The van der Waals surface area contributed by atoms with E-state index in [1.807, 2.05) is 6.07 Å². The van der Waals surface area contributed by atoms with Gasteiger partial charge in [0, 0.05) is 26.6 Å². The summed E-state index contributed by atoms with van der Waals surface area (Å²) in [4.78, 5) is 23.9. The van der Waals surface area contributed by atoms with Crippen LogP contribution in [0.1, 0.15) is 26.2 Å². The van der Waals surface area contributed by atoms with Gasteiger partial charge in [-0.2, -0.15) is 5.26 Å². The summed E-state index contributed by atoms with van der Waals surface area (Å²) < 4.78 is 0. The molecule has 0 spiro atoms. The standard InChI is InChI=1S/C11H17N3O2/c1-9(15)13-8-10-3-6-14(7-4-10)11(16)2-5-12/h10H,2-4,6-8H2,1H3,(H,13,15). The summed E-state index contributed by atoms with van der Waals surface area (Å²) in [5.74, 6) is 0.360. The molecule has 0 aromatic rings. The molecule has 1 aliphatic rings. The van der Waals surface area contributed by atoms with E-state index in [0.717, 1.165) is 12.8 Å². The van der Waals surface area contributed by atoms with Crippen molar-refractivity contribution in [1.82, 2.24) is 10.2 Å². The van der Waals surface area contributed by atoms with Crippen molar-refractivity contribution in [3.63, 3.8) is 0 Å². The fraction of sp³-hybridized carbons (Fsp3) is 0.727. The molecule has 0 radical (unpaired) electrons. The van der Waals surface area contributed by atoms with E-state index in [4.69, 9.17) is 5.26 Å². The maximum atomic E-state index is 11.4. The fourth-order valence-electron chi connectivity index (χ4n) is 1.85. The maximum absolute atomic E-state index is 11.4. The molecule has 0 aromatic heterocycles. The lowest BCUT2D eigenvalue weighted by Gasteiger charge is -2.31. The lowest BCUT2D eigenvalue weighted by atomic mass is 9.96. The summed E-state index contributed by atoms with van der Waals surface area (Å²) in [7, 11) is 0. The van der Waals surface area contributed by atoms with Crippen LogP contribution in [-0.4, -0.2) is 36.3 Å². The van der Waals surface area contributed by atoms with Gasteiger partial charge in [-0.3, -0.25) is 9.59 Å². The Hall–Kier alpha value is -1.57. The van der Waals surface area contributed by atoms with Crippen LogP contribution in [0.25, 0.3) is 0 Å². The van der Waals surface area contributed by atoms with Crippen molar-refractivity contribution < 1.29 is 9.59 Å². The molecule has 0 bridgehead atoms. The average molecular weight is 223 g/mol. The molecule has 2 amide bonds. The van der Waals surface area contributed by atoms with Gasteiger partial charge in [0.2, 0.25) is 11.8 Å². The maximum Gasteiger partial charge on any atom is 0.236 e. The highest BCUT2D eigenvalue weighted by Crippen LogP contribution is 2.16. The molecule has 1 saturated heterocycles. The van der Waals surface area contributed by atoms with Crippen LogP contribution in [0.4, 0.5) is 0 Å². The Morgan fingerprint density at radius 1 is 1.44 bits per heavy atom. The van der Waals surface area contributed by atoms with Gasteiger partial charge in [0.05, 0.1) is 6.07 Å². The summed E-state index contributed by atoms with van der Waals surface area (Å²) in [6, 6.07) is 1.87. The largest absolute Gasteiger partial charge is 0.356 e. The van der Waals surface area contributed by atoms with Gasteiger partial charge in [-0.15, -0.1) is 0 Å². The third-order valence-corrected chi connectivity index (χ3v) is 2.84. The zero-order chi connectivity index (χ0) is 12.0. The summed E-state index contributed by atoms with van der Waals surface area (Å²) in [5.41, 5.74) is 0. The topological polar surface area (TPSA) is 73.2 Å². The number of amides is 2. The van der Waals surface area contributed by atoms with E-state index in [2.05, 4.69) is 5.32 Å². The normalized spacial score (nSPS) is 16.6. The van der Waals surface area contributed by atoms with E-state index in [0.29, 0.717) is 25.6 Å². The van der Waals surface area contributed by atoms with Crippen LogP contribution in [0, 0.1) is 17.2 Å². The van der Waals surface area contributed by atoms with E-state index in [-0.39, 0.29) is 18.2 Å². The molecular weight excluding hydrogens is 206 g/mol. The van der Waals surface area contributed by atoms with Gasteiger partial charge < -0.3 is 10.2 Å². The predicted octanol–water partition coefficient (Wildman–Crippen LogP) is 0.275. The molecule has 1 rings (SSSR count). The average Bonchev–Trinajstić information content (AvgIpc) is 2.27. The SMILES string of the molecule is CC(=O)NCC1CCN(C(=O)CC#N)CC1. The monoisotopic (exact) mass is 223 g/mol. The fourth-order valence-corrected chi connectivity index (χ4v) is 1.85. The Morgan fingerprint density at radius 2 is 2.06 bits per heavy atom. The first kappa shape index (κ1) is 12.5. The van der Waals surface area contributed by atoms with E-state index in [1.165, 1.54) is 6.92 Å². The van der Waals surface area contributed by atoms with E-state index in [1.54, 1.807) is 4.90 Å². The van der Waals surface area contributed by atoms with Crippen molar-refractivity contribution in [2.45, 2.75) is 26.2 Å². The number of carbonyl (C=O) groups excluding carboxylic acids is 2. The second kappa shape index (κ2) is 6.11. The van der Waals surface area contributed by atoms with Crippen molar-refractivity contribution in [1.29, 1.82) is 5.26 Å². The highest BCUT2D eigenvalue weighted by atomic mass is 16.2. The number of nitrogens with one attached hydrogen (secondary N) is 1. The van der Waals surface area contributed by atoms with Crippen molar-refractivity contribution in [2.75, 3.05) is 19.6 Å². The Bertz CT molecular complexity index is 301. The Morgan fingerprint density at radius 3 is 2.56 bits per heavy atom. The quantitative estimate of drug-likeness (QED) is 0.746. The number of nitriles is 1. The van der Waals surface area contributed by atoms with E-state index in [9.17, 15) is 9.59 Å². The molecule has 0 saturated carbocycles. The first-order valence-electron chi connectivity index (χ1n) is 5.52. The Kier molecular flexibility index (Phi) is 4.77. The van der Waals surface area contributed by atoms with E-state index >= 15 is 0 Å². The molecule has 5 heteroatoms. The number of carbonyl (C=O) groups is 2. The third kappa shape index (κ3) is 3.89. The minimum atomic E-state index is -0.0829. The molecular formula is C11H17N3O2. The molecule has 1 fully saturated rings. The molecule has 1 heterocycles. The van der Waals surface area contributed by atoms with Crippen LogP contribution in [0.2, 0.25) is 0 Å². The van der Waals surface area contributed by atoms with Crippen molar-refractivity contribution in [3.8, 4) is 6.07 Å². The van der Waals surface area contributed by atoms with Crippen LogP contribution in [0.5, 0.6) is 0 Å². The van der Waals surface area contributed by atoms with Gasteiger partial charge in [0.15, 0.2) is 0 Å².